The molecule has 1 aliphatic heterocycles. The molecule has 1 unspecified atom stereocenters. The molecular formula is C12H19N3O3. The van der Waals surface area contributed by atoms with E-state index >= 15 is 0 Å². The van der Waals surface area contributed by atoms with Gasteiger partial charge in [-0.25, -0.2) is 0 Å². The SMILES string of the molecule is CN1CCCCC1CNCc1ccc([N+](=O)[O-])o1. The number of hydrogen-bond donors (Lipinski definition) is 1. The molecule has 100 valence electrons. The molecule has 1 N–H and O–H groups in total. The Bertz CT molecular complexity index is 405. The van der Waals surface area contributed by atoms with Crippen LogP contribution < -0.4 is 5.32 Å². The lowest BCUT2D eigenvalue weighted by Crippen LogP contribution is -2.42. The predicted molar refractivity (Wildman–Crippen MR) is 67.3 cm³/mol. The Balaban J connectivity index is 1.75. The van der Waals surface area contributed by atoms with Crippen molar-refractivity contribution in [3.63, 3.8) is 0 Å². The van der Waals surface area contributed by atoms with Gasteiger partial charge >= 0.3 is 5.88 Å². The number of nitrogens with zero attached hydrogens (tertiary/aromatic N) is 2. The van der Waals surface area contributed by atoms with Crippen LogP contribution in [0.25, 0.3) is 0 Å². The van der Waals surface area contributed by atoms with E-state index in [9.17, 15) is 10.1 Å². The zero-order valence-electron chi connectivity index (χ0n) is 10.6. The first-order chi connectivity index (χ1) is 8.66. The molecule has 0 bridgehead atoms. The summed E-state index contributed by atoms with van der Waals surface area (Å²) in [6, 6.07) is 3.60. The van der Waals surface area contributed by atoms with Crippen LogP contribution in [0.3, 0.4) is 0 Å². The van der Waals surface area contributed by atoms with E-state index in [4.69, 9.17) is 4.42 Å². The highest BCUT2D eigenvalue weighted by Gasteiger charge is 2.18. The quantitative estimate of drug-likeness (QED) is 0.639. The topological polar surface area (TPSA) is 71.5 Å². The van der Waals surface area contributed by atoms with Crippen molar-refractivity contribution in [1.29, 1.82) is 0 Å². The van der Waals surface area contributed by atoms with Crippen LogP contribution in [0.4, 0.5) is 5.88 Å². The second-order valence-electron chi connectivity index (χ2n) is 4.76. The molecule has 0 aliphatic carbocycles. The van der Waals surface area contributed by atoms with E-state index in [1.165, 1.54) is 25.3 Å². The summed E-state index contributed by atoms with van der Waals surface area (Å²) in [4.78, 5) is 12.3. The smallest absolute Gasteiger partial charge is 0.404 e. The van der Waals surface area contributed by atoms with E-state index in [-0.39, 0.29) is 5.88 Å². The molecule has 0 aromatic carbocycles. The van der Waals surface area contributed by atoms with E-state index in [0.29, 0.717) is 18.3 Å². The summed E-state index contributed by atoms with van der Waals surface area (Å²) >= 11 is 0. The molecule has 1 atom stereocenters. The molecule has 2 rings (SSSR count). The van der Waals surface area contributed by atoms with Crippen molar-refractivity contribution in [1.82, 2.24) is 10.2 Å². The van der Waals surface area contributed by atoms with Gasteiger partial charge in [-0.15, -0.1) is 0 Å². The number of rotatable bonds is 5. The molecule has 1 aromatic rings. The highest BCUT2D eigenvalue weighted by atomic mass is 16.6. The number of hydrogen-bond acceptors (Lipinski definition) is 5. The molecule has 1 aliphatic rings. The number of furan rings is 1. The molecule has 0 amide bonds. The van der Waals surface area contributed by atoms with Crippen molar-refractivity contribution in [2.75, 3.05) is 20.1 Å². The van der Waals surface area contributed by atoms with Crippen LogP contribution in [-0.2, 0) is 6.54 Å². The van der Waals surface area contributed by atoms with Crippen molar-refractivity contribution < 1.29 is 9.34 Å². The lowest BCUT2D eigenvalue weighted by molar-refractivity contribution is -0.402. The van der Waals surface area contributed by atoms with E-state index in [0.717, 1.165) is 13.1 Å². The predicted octanol–water partition coefficient (Wildman–Crippen LogP) is 1.76. The summed E-state index contributed by atoms with van der Waals surface area (Å²) in [6.07, 6.45) is 3.77. The molecule has 1 fully saturated rings. The highest BCUT2D eigenvalue weighted by molar-refractivity contribution is 5.17. The minimum absolute atomic E-state index is 0.193. The summed E-state index contributed by atoms with van der Waals surface area (Å²) in [5, 5.41) is 13.8. The van der Waals surface area contributed by atoms with Crippen LogP contribution in [-0.4, -0.2) is 36.0 Å². The Hall–Kier alpha value is -1.40. The molecule has 1 aromatic heterocycles. The van der Waals surface area contributed by atoms with Gasteiger partial charge in [-0.1, -0.05) is 6.42 Å². The van der Waals surface area contributed by atoms with Crippen molar-refractivity contribution in [2.45, 2.75) is 31.8 Å². The average molecular weight is 253 g/mol. The van der Waals surface area contributed by atoms with Gasteiger partial charge in [0.05, 0.1) is 12.6 Å². The van der Waals surface area contributed by atoms with Gasteiger partial charge in [-0.3, -0.25) is 10.1 Å². The van der Waals surface area contributed by atoms with Crippen LogP contribution in [0.5, 0.6) is 0 Å². The Morgan fingerprint density at radius 3 is 3.06 bits per heavy atom. The third-order valence-electron chi connectivity index (χ3n) is 3.43. The summed E-state index contributed by atoms with van der Waals surface area (Å²) in [7, 11) is 2.14. The Morgan fingerprint density at radius 2 is 2.39 bits per heavy atom. The Kier molecular flexibility index (Phi) is 4.33. The molecule has 1 saturated heterocycles. The second kappa shape index (κ2) is 5.97. The molecule has 2 heterocycles. The third kappa shape index (κ3) is 3.30. The first kappa shape index (κ1) is 13.0. The number of nitrogens with one attached hydrogen (secondary N) is 1. The fraction of sp³-hybridized carbons (Fsp3) is 0.667. The Morgan fingerprint density at radius 1 is 1.56 bits per heavy atom. The average Bonchev–Trinajstić information content (AvgIpc) is 2.80. The monoisotopic (exact) mass is 253 g/mol. The number of nitro groups is 1. The first-order valence-corrected chi connectivity index (χ1v) is 6.31. The van der Waals surface area contributed by atoms with Crippen LogP contribution >= 0.6 is 0 Å². The van der Waals surface area contributed by atoms with Crippen molar-refractivity contribution in [3.05, 3.63) is 28.0 Å². The van der Waals surface area contributed by atoms with Crippen LogP contribution in [0, 0.1) is 10.1 Å². The number of piperidine rings is 1. The minimum atomic E-state index is -0.515. The van der Waals surface area contributed by atoms with E-state index in [2.05, 4.69) is 17.3 Å². The van der Waals surface area contributed by atoms with Crippen LogP contribution in [0.15, 0.2) is 16.5 Å². The summed E-state index contributed by atoms with van der Waals surface area (Å²) < 4.78 is 5.09. The van der Waals surface area contributed by atoms with E-state index in [1.54, 1.807) is 6.07 Å². The molecule has 0 saturated carbocycles. The molecule has 6 heteroatoms. The maximum Gasteiger partial charge on any atom is 0.433 e. The van der Waals surface area contributed by atoms with Gasteiger partial charge in [0.25, 0.3) is 0 Å². The summed E-state index contributed by atoms with van der Waals surface area (Å²) in [5.74, 6) is 0.418. The van der Waals surface area contributed by atoms with Gasteiger partial charge in [0.1, 0.15) is 10.7 Å². The van der Waals surface area contributed by atoms with Crippen molar-refractivity contribution >= 4 is 5.88 Å². The van der Waals surface area contributed by atoms with Gasteiger partial charge in [-0.05, 0) is 32.5 Å². The zero-order chi connectivity index (χ0) is 13.0. The number of likely N-dealkylation sites (tertiary alicyclic amines) is 1. The second-order valence-corrected chi connectivity index (χ2v) is 4.76. The fourth-order valence-corrected chi connectivity index (χ4v) is 2.32. The first-order valence-electron chi connectivity index (χ1n) is 6.31. The molecular weight excluding hydrogens is 234 g/mol. The van der Waals surface area contributed by atoms with Gasteiger partial charge in [0.15, 0.2) is 0 Å². The molecule has 6 nitrogen and oxygen atoms in total. The fourth-order valence-electron chi connectivity index (χ4n) is 2.32. The van der Waals surface area contributed by atoms with Gasteiger partial charge < -0.3 is 14.6 Å². The van der Waals surface area contributed by atoms with Crippen LogP contribution in [0.2, 0.25) is 0 Å². The molecule has 18 heavy (non-hydrogen) atoms. The maximum atomic E-state index is 10.5. The lowest BCUT2D eigenvalue weighted by Gasteiger charge is -2.32. The van der Waals surface area contributed by atoms with E-state index < -0.39 is 4.92 Å². The van der Waals surface area contributed by atoms with Crippen molar-refractivity contribution in [2.24, 2.45) is 0 Å². The maximum absolute atomic E-state index is 10.5. The normalized spacial score (nSPS) is 21.1. The van der Waals surface area contributed by atoms with Gasteiger partial charge in [0.2, 0.25) is 0 Å². The van der Waals surface area contributed by atoms with Gasteiger partial charge in [0, 0.05) is 12.6 Å². The van der Waals surface area contributed by atoms with E-state index in [1.807, 2.05) is 0 Å². The lowest BCUT2D eigenvalue weighted by atomic mass is 10.0. The molecule has 0 radical (unpaired) electrons. The third-order valence-corrected chi connectivity index (χ3v) is 3.43. The largest absolute Gasteiger partial charge is 0.433 e. The number of likely N-dealkylation sites (N-methyl/N-ethyl adjacent to an activating group) is 1. The van der Waals surface area contributed by atoms with Crippen molar-refractivity contribution in [3.8, 4) is 0 Å². The minimum Gasteiger partial charge on any atom is -0.404 e. The molecule has 0 spiro atoms. The zero-order valence-corrected chi connectivity index (χ0v) is 10.6. The van der Waals surface area contributed by atoms with Crippen LogP contribution in [0.1, 0.15) is 25.0 Å². The Labute approximate surface area is 106 Å². The van der Waals surface area contributed by atoms with Gasteiger partial charge in [-0.2, -0.15) is 0 Å². The standard InChI is InChI=1S/C12H19N3O3/c1-14-7-3-2-4-10(14)8-13-9-11-5-6-12(18-11)15(16)17/h5-6,10,13H,2-4,7-9H2,1H3. The summed E-state index contributed by atoms with van der Waals surface area (Å²) in [5.41, 5.74) is 0. The highest BCUT2D eigenvalue weighted by Crippen LogP contribution is 2.16. The summed E-state index contributed by atoms with van der Waals surface area (Å²) in [6.45, 7) is 2.59.